The summed E-state index contributed by atoms with van der Waals surface area (Å²) in [6, 6.07) is 17.7. The van der Waals surface area contributed by atoms with Crippen LogP contribution < -0.4 is 9.47 Å². The molecule has 2 heteroatoms. The first kappa shape index (κ1) is 12.2. The van der Waals surface area contributed by atoms with Gasteiger partial charge in [0.1, 0.15) is 24.7 Å². The van der Waals surface area contributed by atoms with Crippen LogP contribution in [-0.4, -0.2) is 6.61 Å². The molecule has 0 aromatic heterocycles. The average Bonchev–Trinajstić information content (AvgIpc) is 2.44. The lowest BCUT2D eigenvalue weighted by Gasteiger charge is -2.08. The Kier molecular flexibility index (Phi) is 4.42. The number of rotatable bonds is 6. The summed E-state index contributed by atoms with van der Waals surface area (Å²) in [6.45, 7) is 4.68. The van der Waals surface area contributed by atoms with Gasteiger partial charge >= 0.3 is 0 Å². The van der Waals surface area contributed by atoms with E-state index in [0.29, 0.717) is 13.2 Å². The molecule has 0 aliphatic carbocycles. The maximum absolute atomic E-state index is 5.71. The molecule has 0 saturated carbocycles. The molecular formula is C16H16O2. The fraction of sp³-hybridized carbons (Fsp3) is 0.125. The third-order valence-corrected chi connectivity index (χ3v) is 2.42. The molecule has 0 heterocycles. The second-order valence-electron chi connectivity index (χ2n) is 3.85. The van der Waals surface area contributed by atoms with Crippen molar-refractivity contribution in [3.8, 4) is 11.5 Å². The van der Waals surface area contributed by atoms with E-state index >= 15 is 0 Å². The highest BCUT2D eigenvalue weighted by Crippen LogP contribution is 2.20. The first-order chi connectivity index (χ1) is 8.88. The summed E-state index contributed by atoms with van der Waals surface area (Å²) >= 11 is 0. The lowest BCUT2D eigenvalue weighted by atomic mass is 10.2. The first-order valence-electron chi connectivity index (χ1n) is 5.89. The van der Waals surface area contributed by atoms with Crippen molar-refractivity contribution >= 4 is 0 Å². The van der Waals surface area contributed by atoms with Crippen molar-refractivity contribution in [3.63, 3.8) is 0 Å². The van der Waals surface area contributed by atoms with E-state index in [1.54, 1.807) is 6.08 Å². The van der Waals surface area contributed by atoms with Crippen LogP contribution in [0.4, 0.5) is 0 Å². The van der Waals surface area contributed by atoms with Gasteiger partial charge < -0.3 is 9.47 Å². The second kappa shape index (κ2) is 6.50. The number of hydrogen-bond acceptors (Lipinski definition) is 2. The Morgan fingerprint density at radius 1 is 0.889 bits per heavy atom. The molecule has 0 fully saturated rings. The lowest BCUT2D eigenvalue weighted by molar-refractivity contribution is 0.301. The van der Waals surface area contributed by atoms with Gasteiger partial charge in [0.05, 0.1) is 0 Å². The van der Waals surface area contributed by atoms with E-state index in [0.717, 1.165) is 17.1 Å². The Morgan fingerprint density at radius 2 is 1.61 bits per heavy atom. The van der Waals surface area contributed by atoms with Crippen LogP contribution in [0, 0.1) is 0 Å². The molecule has 2 aromatic carbocycles. The van der Waals surface area contributed by atoms with Gasteiger partial charge in [-0.05, 0) is 17.7 Å². The van der Waals surface area contributed by atoms with Gasteiger partial charge in [-0.25, -0.2) is 0 Å². The van der Waals surface area contributed by atoms with Gasteiger partial charge in [0.15, 0.2) is 0 Å². The monoisotopic (exact) mass is 240 g/mol. The number of benzene rings is 2. The number of ether oxygens (including phenoxy) is 2. The smallest absolute Gasteiger partial charge is 0.123 e. The second-order valence-corrected chi connectivity index (χ2v) is 3.85. The summed E-state index contributed by atoms with van der Waals surface area (Å²) in [6.07, 6.45) is 1.72. The SMILES string of the molecule is C=CCOc1cccc(OCc2ccccc2)c1. The summed E-state index contributed by atoms with van der Waals surface area (Å²) in [5, 5.41) is 0. The van der Waals surface area contributed by atoms with Crippen molar-refractivity contribution in [2.75, 3.05) is 6.61 Å². The van der Waals surface area contributed by atoms with Crippen LogP contribution in [0.2, 0.25) is 0 Å². The molecule has 0 bridgehead atoms. The van der Waals surface area contributed by atoms with Crippen molar-refractivity contribution in [1.82, 2.24) is 0 Å². The molecule has 0 amide bonds. The summed E-state index contributed by atoms with van der Waals surface area (Å²) < 4.78 is 11.2. The van der Waals surface area contributed by atoms with Crippen molar-refractivity contribution < 1.29 is 9.47 Å². The molecule has 0 saturated heterocycles. The Morgan fingerprint density at radius 3 is 2.33 bits per heavy atom. The fourth-order valence-electron chi connectivity index (χ4n) is 1.55. The minimum Gasteiger partial charge on any atom is -0.489 e. The zero-order chi connectivity index (χ0) is 12.6. The van der Waals surface area contributed by atoms with E-state index in [1.165, 1.54) is 0 Å². The molecule has 2 aromatic rings. The highest BCUT2D eigenvalue weighted by Gasteiger charge is 1.98. The molecule has 0 aliphatic rings. The number of hydrogen-bond donors (Lipinski definition) is 0. The standard InChI is InChI=1S/C16H16O2/c1-2-11-17-15-9-6-10-16(12-15)18-13-14-7-4-3-5-8-14/h2-10,12H,1,11,13H2. The van der Waals surface area contributed by atoms with Gasteiger partial charge in [-0.1, -0.05) is 49.1 Å². The Bertz CT molecular complexity index is 491. The zero-order valence-electron chi connectivity index (χ0n) is 10.2. The molecule has 0 spiro atoms. The van der Waals surface area contributed by atoms with Gasteiger partial charge in [-0.2, -0.15) is 0 Å². The minimum absolute atomic E-state index is 0.502. The fourth-order valence-corrected chi connectivity index (χ4v) is 1.55. The third-order valence-electron chi connectivity index (χ3n) is 2.42. The Labute approximate surface area is 107 Å². The van der Waals surface area contributed by atoms with E-state index < -0.39 is 0 Å². The summed E-state index contributed by atoms with van der Waals surface area (Å²) in [7, 11) is 0. The molecule has 2 rings (SSSR count). The van der Waals surface area contributed by atoms with Gasteiger partial charge in [0.25, 0.3) is 0 Å². The molecule has 92 valence electrons. The minimum atomic E-state index is 0.502. The van der Waals surface area contributed by atoms with Crippen LogP contribution in [0.3, 0.4) is 0 Å². The van der Waals surface area contributed by atoms with Crippen LogP contribution in [0.15, 0.2) is 67.3 Å². The van der Waals surface area contributed by atoms with Crippen molar-refractivity contribution in [3.05, 3.63) is 72.8 Å². The maximum Gasteiger partial charge on any atom is 0.123 e. The third kappa shape index (κ3) is 3.67. The van der Waals surface area contributed by atoms with Crippen LogP contribution in [0.1, 0.15) is 5.56 Å². The molecule has 0 radical (unpaired) electrons. The molecule has 18 heavy (non-hydrogen) atoms. The van der Waals surface area contributed by atoms with E-state index in [4.69, 9.17) is 9.47 Å². The lowest BCUT2D eigenvalue weighted by Crippen LogP contribution is -1.96. The highest BCUT2D eigenvalue weighted by atomic mass is 16.5. The zero-order valence-corrected chi connectivity index (χ0v) is 10.2. The molecule has 0 aliphatic heterocycles. The van der Waals surface area contributed by atoms with E-state index in [1.807, 2.05) is 54.6 Å². The van der Waals surface area contributed by atoms with Crippen molar-refractivity contribution in [2.45, 2.75) is 6.61 Å². The molecule has 0 atom stereocenters. The average molecular weight is 240 g/mol. The van der Waals surface area contributed by atoms with Gasteiger partial charge in [-0.3, -0.25) is 0 Å². The van der Waals surface area contributed by atoms with E-state index in [-0.39, 0.29) is 0 Å². The Balaban J connectivity index is 1.95. The van der Waals surface area contributed by atoms with Crippen LogP contribution in [-0.2, 0) is 6.61 Å². The van der Waals surface area contributed by atoms with E-state index in [9.17, 15) is 0 Å². The van der Waals surface area contributed by atoms with Crippen LogP contribution in [0.25, 0.3) is 0 Å². The van der Waals surface area contributed by atoms with Gasteiger partial charge in [0, 0.05) is 6.07 Å². The molecule has 2 nitrogen and oxygen atoms in total. The van der Waals surface area contributed by atoms with Crippen molar-refractivity contribution in [1.29, 1.82) is 0 Å². The predicted molar refractivity (Wildman–Crippen MR) is 72.9 cm³/mol. The van der Waals surface area contributed by atoms with Crippen LogP contribution >= 0.6 is 0 Å². The normalized spacial score (nSPS) is 9.78. The quantitative estimate of drug-likeness (QED) is 0.714. The summed E-state index contributed by atoms with van der Waals surface area (Å²) in [5.41, 5.74) is 1.15. The van der Waals surface area contributed by atoms with E-state index in [2.05, 4.69) is 6.58 Å². The van der Waals surface area contributed by atoms with Gasteiger partial charge in [0.2, 0.25) is 0 Å². The topological polar surface area (TPSA) is 18.5 Å². The largest absolute Gasteiger partial charge is 0.489 e. The first-order valence-corrected chi connectivity index (χ1v) is 5.89. The molecule has 0 unspecified atom stereocenters. The predicted octanol–water partition coefficient (Wildman–Crippen LogP) is 3.83. The Hall–Kier alpha value is -2.22. The maximum atomic E-state index is 5.71. The van der Waals surface area contributed by atoms with Crippen molar-refractivity contribution in [2.24, 2.45) is 0 Å². The van der Waals surface area contributed by atoms with Crippen LogP contribution in [0.5, 0.6) is 11.5 Å². The highest BCUT2D eigenvalue weighted by molar-refractivity contribution is 5.33. The summed E-state index contributed by atoms with van der Waals surface area (Å²) in [4.78, 5) is 0. The van der Waals surface area contributed by atoms with Gasteiger partial charge in [-0.15, -0.1) is 0 Å². The molecular weight excluding hydrogens is 224 g/mol. The molecule has 0 N–H and O–H groups in total. The summed E-state index contributed by atoms with van der Waals surface area (Å²) in [5.74, 6) is 1.60.